The molecule has 0 aliphatic heterocycles. The van der Waals surface area contributed by atoms with Crippen LogP contribution < -0.4 is 14.9 Å². The second-order valence-electron chi connectivity index (χ2n) is 7.71. The van der Waals surface area contributed by atoms with Gasteiger partial charge in [0.25, 0.3) is 5.91 Å². The van der Waals surface area contributed by atoms with Crippen LogP contribution in [0.3, 0.4) is 0 Å². The largest absolute Gasteiger partial charge is 0.496 e. The number of hydrazone groups is 1. The maximum Gasteiger partial charge on any atom is 0.490 e. The second kappa shape index (κ2) is 12.1. The number of carbonyl (C=O) groups excluding carboxylic acids is 1. The molecular weight excluding hydrogens is 591 g/mol. The summed E-state index contributed by atoms with van der Waals surface area (Å²) in [4.78, 5) is 26.4. The van der Waals surface area contributed by atoms with E-state index in [1.165, 1.54) is 24.3 Å². The molecule has 0 fully saturated rings. The first-order valence-electron chi connectivity index (χ1n) is 10.9. The molecule has 0 saturated carbocycles. The summed E-state index contributed by atoms with van der Waals surface area (Å²) in [5.41, 5.74) is 5.21. The van der Waals surface area contributed by atoms with Crippen LogP contribution in [0, 0.1) is 13.7 Å². The van der Waals surface area contributed by atoms with Crippen molar-refractivity contribution in [3.05, 3.63) is 109 Å². The highest BCUT2D eigenvalue weighted by Gasteiger charge is 2.15. The van der Waals surface area contributed by atoms with Gasteiger partial charge < -0.3 is 19.6 Å². The summed E-state index contributed by atoms with van der Waals surface area (Å²) < 4.78 is 13.6. The molecule has 0 aliphatic carbocycles. The third kappa shape index (κ3) is 7.10. The maximum atomic E-state index is 12.6. The van der Waals surface area contributed by atoms with Gasteiger partial charge in [-0.25, -0.2) is 5.43 Å². The Morgan fingerprint density at radius 2 is 2.00 bits per heavy atom. The van der Waals surface area contributed by atoms with Crippen LogP contribution in [0.2, 0.25) is 0 Å². The zero-order valence-electron chi connectivity index (χ0n) is 19.6. The van der Waals surface area contributed by atoms with Gasteiger partial charge in [0.1, 0.15) is 18.1 Å². The van der Waals surface area contributed by atoms with E-state index in [2.05, 4.69) is 43.2 Å². The standard InChI is InChI=1S/C25H21IN6O5/c1-36-23-10-5-17(11-20(23)14-31-16-27-25(30-31)32(34)35)13-28-29-24(33)19-4-2-3-18(12-19)15-37-22-8-6-21(26)7-9-22/h2-13,16H,14-15H2,1H3,(H,29,33)/b28-13-. The van der Waals surface area contributed by atoms with Crippen LogP contribution in [0.5, 0.6) is 11.5 Å². The van der Waals surface area contributed by atoms with Crippen LogP contribution >= 0.6 is 22.6 Å². The summed E-state index contributed by atoms with van der Waals surface area (Å²) in [6.45, 7) is 0.531. The minimum absolute atomic E-state index is 0.204. The number of benzene rings is 3. The molecule has 0 aliphatic rings. The molecule has 37 heavy (non-hydrogen) atoms. The fourth-order valence-corrected chi connectivity index (χ4v) is 3.71. The number of hydrogen-bond acceptors (Lipinski definition) is 8. The Bertz CT molecular complexity index is 1440. The summed E-state index contributed by atoms with van der Waals surface area (Å²) in [5, 5.41) is 18.7. The van der Waals surface area contributed by atoms with Crippen molar-refractivity contribution >= 4 is 40.7 Å². The van der Waals surface area contributed by atoms with E-state index in [4.69, 9.17) is 9.47 Å². The molecule has 1 N–H and O–H groups in total. The van der Waals surface area contributed by atoms with Gasteiger partial charge in [0.2, 0.25) is 6.33 Å². The number of nitrogens with zero attached hydrogens (tertiary/aromatic N) is 5. The van der Waals surface area contributed by atoms with Crippen molar-refractivity contribution in [3.8, 4) is 11.5 Å². The predicted octanol–water partition coefficient (Wildman–Crippen LogP) is 4.19. The van der Waals surface area contributed by atoms with Gasteiger partial charge in [-0.1, -0.05) is 17.1 Å². The highest BCUT2D eigenvalue weighted by molar-refractivity contribution is 14.1. The molecule has 1 aromatic heterocycles. The molecule has 0 saturated heterocycles. The zero-order valence-corrected chi connectivity index (χ0v) is 21.7. The third-order valence-electron chi connectivity index (χ3n) is 5.11. The van der Waals surface area contributed by atoms with Crippen molar-refractivity contribution in [1.29, 1.82) is 0 Å². The summed E-state index contributed by atoms with van der Waals surface area (Å²) in [7, 11) is 1.52. The highest BCUT2D eigenvalue weighted by Crippen LogP contribution is 2.21. The van der Waals surface area contributed by atoms with Gasteiger partial charge in [0, 0.05) is 19.8 Å². The van der Waals surface area contributed by atoms with Gasteiger partial charge in [0.15, 0.2) is 0 Å². The molecule has 4 aromatic rings. The Labute approximate surface area is 225 Å². The van der Waals surface area contributed by atoms with Crippen LogP contribution in [-0.4, -0.2) is 38.9 Å². The van der Waals surface area contributed by atoms with Crippen molar-refractivity contribution < 1.29 is 19.2 Å². The fourth-order valence-electron chi connectivity index (χ4n) is 3.35. The first-order chi connectivity index (χ1) is 17.9. The van der Waals surface area contributed by atoms with Gasteiger partial charge >= 0.3 is 5.95 Å². The number of halogens is 1. The zero-order chi connectivity index (χ0) is 26.2. The average Bonchev–Trinajstić information content (AvgIpc) is 3.38. The molecule has 3 aromatic carbocycles. The number of methoxy groups -OCH3 is 1. The lowest BCUT2D eigenvalue weighted by molar-refractivity contribution is -0.394. The number of nitrogens with one attached hydrogen (secondary N) is 1. The number of aromatic nitrogens is 3. The van der Waals surface area contributed by atoms with Crippen LogP contribution in [-0.2, 0) is 13.2 Å². The van der Waals surface area contributed by atoms with E-state index >= 15 is 0 Å². The van der Waals surface area contributed by atoms with Crippen molar-refractivity contribution in [2.24, 2.45) is 5.10 Å². The molecule has 0 radical (unpaired) electrons. The van der Waals surface area contributed by atoms with Crippen molar-refractivity contribution in [1.82, 2.24) is 20.2 Å². The SMILES string of the molecule is COc1ccc(/C=N\NC(=O)c2cccc(COc3ccc(I)cc3)c2)cc1Cn1cnc([N+](=O)[O-])n1. The average molecular weight is 612 g/mol. The maximum absolute atomic E-state index is 12.6. The normalized spacial score (nSPS) is 10.9. The molecule has 0 bridgehead atoms. The quantitative estimate of drug-likeness (QED) is 0.123. The second-order valence-corrected chi connectivity index (χ2v) is 8.96. The number of amides is 1. The number of rotatable bonds is 10. The molecule has 0 atom stereocenters. The van der Waals surface area contributed by atoms with Gasteiger partial charge in [-0.05, 0) is 93.2 Å². The fraction of sp³-hybridized carbons (Fsp3) is 0.120. The molecule has 0 spiro atoms. The summed E-state index contributed by atoms with van der Waals surface area (Å²) in [6.07, 6.45) is 2.77. The minimum atomic E-state index is -0.661. The third-order valence-corrected chi connectivity index (χ3v) is 5.83. The molecule has 1 heterocycles. The van der Waals surface area contributed by atoms with Crippen molar-refractivity contribution in [3.63, 3.8) is 0 Å². The Morgan fingerprint density at radius 1 is 1.19 bits per heavy atom. The van der Waals surface area contributed by atoms with Crippen molar-refractivity contribution in [2.45, 2.75) is 13.2 Å². The molecule has 4 rings (SSSR count). The van der Waals surface area contributed by atoms with E-state index in [0.717, 1.165) is 14.9 Å². The summed E-state index contributed by atoms with van der Waals surface area (Å²) in [5.74, 6) is 0.477. The van der Waals surface area contributed by atoms with Crippen molar-refractivity contribution in [2.75, 3.05) is 7.11 Å². The smallest absolute Gasteiger partial charge is 0.490 e. The van der Waals surface area contributed by atoms with Crippen LogP contribution in [0.1, 0.15) is 27.0 Å². The molecule has 1 amide bonds. The van der Waals surface area contributed by atoms with Crippen LogP contribution in [0.15, 0.2) is 78.2 Å². The molecule has 12 heteroatoms. The van der Waals surface area contributed by atoms with Gasteiger partial charge in [-0.3, -0.25) is 4.79 Å². The number of ether oxygens (including phenoxy) is 2. The summed E-state index contributed by atoms with van der Waals surface area (Å²) >= 11 is 2.23. The Balaban J connectivity index is 1.38. The molecular formula is C25H21IN6O5. The number of hydrogen-bond donors (Lipinski definition) is 1. The Morgan fingerprint density at radius 3 is 2.73 bits per heavy atom. The van der Waals surface area contributed by atoms with E-state index in [0.29, 0.717) is 29.0 Å². The topological polar surface area (TPSA) is 134 Å². The van der Waals surface area contributed by atoms with E-state index < -0.39 is 10.9 Å². The lowest BCUT2D eigenvalue weighted by Gasteiger charge is -2.08. The molecule has 188 valence electrons. The minimum Gasteiger partial charge on any atom is -0.496 e. The van der Waals surface area contributed by atoms with Gasteiger partial charge in [-0.15, -0.1) is 0 Å². The predicted molar refractivity (Wildman–Crippen MR) is 144 cm³/mol. The van der Waals surface area contributed by atoms with E-state index in [9.17, 15) is 14.9 Å². The first kappa shape index (κ1) is 25.8. The molecule has 0 unspecified atom stereocenters. The van der Waals surface area contributed by atoms with Gasteiger partial charge in [-0.2, -0.15) is 9.78 Å². The van der Waals surface area contributed by atoms with Crippen LogP contribution in [0.4, 0.5) is 5.95 Å². The van der Waals surface area contributed by atoms with Crippen LogP contribution in [0.25, 0.3) is 0 Å². The monoisotopic (exact) mass is 612 g/mol. The Kier molecular flexibility index (Phi) is 8.40. The number of carbonyl (C=O) groups is 1. The lowest BCUT2D eigenvalue weighted by atomic mass is 10.1. The highest BCUT2D eigenvalue weighted by atomic mass is 127. The first-order valence-corrected chi connectivity index (χ1v) is 12.0. The van der Waals surface area contributed by atoms with Gasteiger partial charge in [0.05, 0.1) is 19.9 Å². The summed E-state index contributed by atoms with van der Waals surface area (Å²) in [6, 6.07) is 20.1. The van der Waals surface area contributed by atoms with E-state index in [1.807, 2.05) is 30.3 Å². The van der Waals surface area contributed by atoms with E-state index in [-0.39, 0.29) is 12.5 Å². The Hall–Kier alpha value is -4.33. The molecule has 11 nitrogen and oxygen atoms in total. The number of nitro groups is 1. The van der Waals surface area contributed by atoms with E-state index in [1.54, 1.807) is 36.4 Å². The lowest BCUT2D eigenvalue weighted by Crippen LogP contribution is -2.18.